The second kappa shape index (κ2) is 6.91. The van der Waals surface area contributed by atoms with E-state index in [0.29, 0.717) is 34.6 Å². The van der Waals surface area contributed by atoms with Gasteiger partial charge in [0.15, 0.2) is 0 Å². The Labute approximate surface area is 148 Å². The van der Waals surface area contributed by atoms with Gasteiger partial charge < -0.3 is 10.0 Å². The number of carbonyl (C=O) groups excluding carboxylic acids is 1. The molecule has 3 rings (SSSR count). The van der Waals surface area contributed by atoms with Crippen LogP contribution in [0.1, 0.15) is 30.3 Å². The summed E-state index contributed by atoms with van der Waals surface area (Å²) in [6.07, 6.45) is 1.29. The highest BCUT2D eigenvalue weighted by molar-refractivity contribution is 7.13. The van der Waals surface area contributed by atoms with Gasteiger partial charge in [-0.3, -0.25) is 4.79 Å². The maximum Gasteiger partial charge on any atom is 0.326 e. The average Bonchev–Trinajstić information content (AvgIpc) is 3.04. The van der Waals surface area contributed by atoms with Gasteiger partial charge in [-0.05, 0) is 30.9 Å². The summed E-state index contributed by atoms with van der Waals surface area (Å²) in [5, 5.41) is 12.4. The van der Waals surface area contributed by atoms with E-state index in [9.17, 15) is 14.7 Å². The zero-order valence-corrected chi connectivity index (χ0v) is 14.7. The summed E-state index contributed by atoms with van der Waals surface area (Å²) >= 11 is 7.24. The number of halogens is 1. The van der Waals surface area contributed by atoms with Crippen molar-refractivity contribution in [2.45, 2.75) is 25.8 Å². The van der Waals surface area contributed by atoms with E-state index in [0.717, 1.165) is 12.0 Å². The number of benzene rings is 1. The van der Waals surface area contributed by atoms with Crippen molar-refractivity contribution in [1.29, 1.82) is 0 Å². The molecule has 1 aliphatic heterocycles. The summed E-state index contributed by atoms with van der Waals surface area (Å²) in [5.74, 6) is -0.968. The van der Waals surface area contributed by atoms with Gasteiger partial charge in [-0.25, -0.2) is 9.78 Å². The Morgan fingerprint density at radius 1 is 1.33 bits per heavy atom. The fraction of sp³-hybridized carbons (Fsp3) is 0.353. The van der Waals surface area contributed by atoms with E-state index in [4.69, 9.17) is 11.6 Å². The Morgan fingerprint density at radius 3 is 2.71 bits per heavy atom. The highest BCUT2D eigenvalue weighted by Gasteiger charge is 2.35. The number of piperidine rings is 1. The number of hydrogen-bond acceptors (Lipinski definition) is 4. The Morgan fingerprint density at radius 2 is 2.04 bits per heavy atom. The Hall–Kier alpha value is -1.92. The third-order valence-corrected chi connectivity index (χ3v) is 5.37. The molecular formula is C17H17ClN2O3S. The van der Waals surface area contributed by atoms with E-state index in [1.807, 2.05) is 19.1 Å². The van der Waals surface area contributed by atoms with Gasteiger partial charge in [0.2, 0.25) is 0 Å². The summed E-state index contributed by atoms with van der Waals surface area (Å²) in [6, 6.07) is 6.45. The first-order valence-electron chi connectivity index (χ1n) is 7.71. The molecule has 126 valence electrons. The van der Waals surface area contributed by atoms with Crippen molar-refractivity contribution in [2.24, 2.45) is 5.92 Å². The molecule has 5 nitrogen and oxygen atoms in total. The number of nitrogens with zero attached hydrogens (tertiary/aromatic N) is 2. The van der Waals surface area contributed by atoms with Gasteiger partial charge in [0, 0.05) is 22.5 Å². The topological polar surface area (TPSA) is 70.5 Å². The van der Waals surface area contributed by atoms with E-state index in [1.54, 1.807) is 17.5 Å². The fourth-order valence-corrected chi connectivity index (χ4v) is 3.79. The molecule has 0 radical (unpaired) electrons. The minimum atomic E-state index is -0.956. The number of amides is 1. The lowest BCUT2D eigenvalue weighted by Crippen LogP contribution is -2.49. The lowest BCUT2D eigenvalue weighted by atomic mass is 9.92. The third-order valence-electron chi connectivity index (χ3n) is 4.23. The Bertz CT molecular complexity index is 759. The van der Waals surface area contributed by atoms with E-state index >= 15 is 0 Å². The van der Waals surface area contributed by atoms with Crippen molar-refractivity contribution >= 4 is 34.8 Å². The second-order valence-corrected chi connectivity index (χ2v) is 7.32. The monoisotopic (exact) mass is 364 g/mol. The quantitative estimate of drug-likeness (QED) is 0.899. The molecule has 1 aliphatic rings. The van der Waals surface area contributed by atoms with Crippen molar-refractivity contribution in [3.05, 3.63) is 40.4 Å². The van der Waals surface area contributed by atoms with Gasteiger partial charge in [0.25, 0.3) is 5.91 Å². The average molecular weight is 365 g/mol. The van der Waals surface area contributed by atoms with Crippen molar-refractivity contribution < 1.29 is 14.7 Å². The van der Waals surface area contributed by atoms with Crippen LogP contribution in [0.3, 0.4) is 0 Å². The van der Waals surface area contributed by atoms with E-state index in [1.165, 1.54) is 16.2 Å². The molecule has 2 aromatic rings. The normalized spacial score (nSPS) is 20.8. The molecule has 7 heteroatoms. The predicted molar refractivity (Wildman–Crippen MR) is 93.4 cm³/mol. The molecule has 1 aromatic carbocycles. The van der Waals surface area contributed by atoms with E-state index < -0.39 is 12.0 Å². The van der Waals surface area contributed by atoms with Crippen LogP contribution in [-0.4, -0.2) is 39.5 Å². The van der Waals surface area contributed by atoms with Gasteiger partial charge in [-0.15, -0.1) is 11.3 Å². The van der Waals surface area contributed by atoms with Crippen LogP contribution >= 0.6 is 22.9 Å². The summed E-state index contributed by atoms with van der Waals surface area (Å²) in [6.45, 7) is 2.46. The second-order valence-electron chi connectivity index (χ2n) is 6.03. The zero-order valence-electron chi connectivity index (χ0n) is 13.1. The van der Waals surface area contributed by atoms with Gasteiger partial charge in [-0.1, -0.05) is 30.7 Å². The van der Waals surface area contributed by atoms with Gasteiger partial charge in [0.1, 0.15) is 16.7 Å². The number of aromatic nitrogens is 1. The smallest absolute Gasteiger partial charge is 0.326 e. The van der Waals surface area contributed by atoms with Crippen LogP contribution in [0.4, 0.5) is 0 Å². The molecule has 0 spiro atoms. The maximum absolute atomic E-state index is 12.7. The third kappa shape index (κ3) is 3.44. The Kier molecular flexibility index (Phi) is 4.87. The molecule has 1 N–H and O–H groups in total. The molecule has 1 aromatic heterocycles. The molecule has 0 saturated carbocycles. The van der Waals surface area contributed by atoms with Crippen LogP contribution in [0.5, 0.6) is 0 Å². The number of carboxylic acids is 1. The predicted octanol–water partition coefficient (Wildman–Crippen LogP) is 3.79. The van der Waals surface area contributed by atoms with E-state index in [-0.39, 0.29) is 5.91 Å². The van der Waals surface area contributed by atoms with Crippen LogP contribution in [-0.2, 0) is 4.79 Å². The van der Waals surface area contributed by atoms with Crippen molar-refractivity contribution in [2.75, 3.05) is 6.54 Å². The van der Waals surface area contributed by atoms with Crippen LogP contribution in [0, 0.1) is 5.92 Å². The summed E-state index contributed by atoms with van der Waals surface area (Å²) in [4.78, 5) is 30.0. The molecule has 1 saturated heterocycles. The lowest BCUT2D eigenvalue weighted by Gasteiger charge is -2.35. The Balaban J connectivity index is 1.82. The van der Waals surface area contributed by atoms with Crippen LogP contribution < -0.4 is 0 Å². The van der Waals surface area contributed by atoms with E-state index in [2.05, 4.69) is 4.98 Å². The fourth-order valence-electron chi connectivity index (χ4n) is 2.86. The van der Waals surface area contributed by atoms with Crippen molar-refractivity contribution in [1.82, 2.24) is 9.88 Å². The highest BCUT2D eigenvalue weighted by atomic mass is 35.5. The number of carboxylic acid groups (broad SMARTS) is 1. The molecule has 2 atom stereocenters. The zero-order chi connectivity index (χ0) is 17.3. The molecule has 2 heterocycles. The number of aliphatic carboxylic acids is 1. The van der Waals surface area contributed by atoms with Crippen molar-refractivity contribution in [3.8, 4) is 10.6 Å². The number of hydrogen-bond donors (Lipinski definition) is 1. The first-order chi connectivity index (χ1) is 11.5. The summed E-state index contributed by atoms with van der Waals surface area (Å²) in [5.41, 5.74) is 1.18. The molecule has 0 bridgehead atoms. The van der Waals surface area contributed by atoms with Gasteiger partial charge in [-0.2, -0.15) is 0 Å². The van der Waals surface area contributed by atoms with Crippen LogP contribution in [0.2, 0.25) is 5.02 Å². The largest absolute Gasteiger partial charge is 0.480 e. The van der Waals surface area contributed by atoms with Crippen LogP contribution in [0.25, 0.3) is 10.6 Å². The SMILES string of the molecule is CC1CCN(C(=O)c2csc(-c3ccc(Cl)cc3)n2)C(C(=O)O)C1. The molecule has 24 heavy (non-hydrogen) atoms. The van der Waals surface area contributed by atoms with Crippen molar-refractivity contribution in [3.63, 3.8) is 0 Å². The van der Waals surface area contributed by atoms with Crippen LogP contribution in [0.15, 0.2) is 29.6 Å². The molecular weight excluding hydrogens is 348 g/mol. The van der Waals surface area contributed by atoms with Gasteiger partial charge >= 0.3 is 5.97 Å². The first-order valence-corrected chi connectivity index (χ1v) is 8.96. The van der Waals surface area contributed by atoms with Gasteiger partial charge in [0.05, 0.1) is 0 Å². The standard InChI is InChI=1S/C17H17ClN2O3S/c1-10-6-7-20(14(8-10)17(22)23)16(21)13-9-24-15(19-13)11-2-4-12(18)5-3-11/h2-5,9-10,14H,6-8H2,1H3,(H,22,23). The maximum atomic E-state index is 12.7. The highest BCUT2D eigenvalue weighted by Crippen LogP contribution is 2.28. The number of thiazole rings is 1. The number of likely N-dealkylation sites (tertiary alicyclic amines) is 1. The minimum Gasteiger partial charge on any atom is -0.480 e. The lowest BCUT2D eigenvalue weighted by molar-refractivity contribution is -0.144. The minimum absolute atomic E-state index is 0.297. The molecule has 2 unspecified atom stereocenters. The molecule has 1 fully saturated rings. The summed E-state index contributed by atoms with van der Waals surface area (Å²) < 4.78 is 0. The molecule has 1 amide bonds. The first kappa shape index (κ1) is 16.9. The number of rotatable bonds is 3. The molecule has 0 aliphatic carbocycles. The number of carbonyl (C=O) groups is 2. The summed E-state index contributed by atoms with van der Waals surface area (Å²) in [7, 11) is 0.